The molecular weight excluding hydrogens is 424 g/mol. The molecule has 4 aromatic rings. The van der Waals surface area contributed by atoms with Crippen LogP contribution in [0.1, 0.15) is 21.6 Å². The topological polar surface area (TPSA) is 129 Å². The number of rotatable bonds is 5. The molecule has 4 N–H and O–H groups in total. The van der Waals surface area contributed by atoms with Crippen LogP contribution >= 0.6 is 0 Å². The van der Waals surface area contributed by atoms with Gasteiger partial charge in [-0.1, -0.05) is 0 Å². The van der Waals surface area contributed by atoms with Crippen LogP contribution in [-0.4, -0.2) is 48.1 Å². The van der Waals surface area contributed by atoms with E-state index >= 15 is 0 Å². The van der Waals surface area contributed by atoms with Crippen molar-refractivity contribution in [3.63, 3.8) is 0 Å². The lowest BCUT2D eigenvalue weighted by molar-refractivity contribution is 0.0747. The highest BCUT2D eigenvalue weighted by Gasteiger charge is 2.29. The number of aromatic hydroxyl groups is 2. The van der Waals surface area contributed by atoms with Gasteiger partial charge in [0.15, 0.2) is 0 Å². The first kappa shape index (κ1) is 20.4. The Kier molecular flexibility index (Phi) is 4.89. The minimum atomic E-state index is -0.364. The van der Waals surface area contributed by atoms with Gasteiger partial charge in [-0.3, -0.25) is 14.6 Å². The SMILES string of the molecule is COc1ccc(-c2cc(Nc3cc(O)cc(O)c3C(=O)N3Cc4cn[nH]c4C3)n(C)n2)cc1. The standard InChI is InChI=1S/C23H22N6O4/c1-28-21(9-17(27-28)13-3-5-16(33-2)6-4-13)25-18-7-15(30)8-20(31)22(18)23(32)29-11-14-10-24-26-19(14)12-29/h3-10,25,30-31H,11-12H2,1-2H3,(H,24,26). The fraction of sp³-hybridized carbons (Fsp3) is 0.174. The van der Waals surface area contributed by atoms with E-state index in [0.29, 0.717) is 24.6 Å². The molecule has 1 aliphatic rings. The third-order valence-corrected chi connectivity index (χ3v) is 5.65. The average Bonchev–Trinajstić information content (AvgIpc) is 3.49. The zero-order valence-electron chi connectivity index (χ0n) is 18.0. The summed E-state index contributed by atoms with van der Waals surface area (Å²) in [4.78, 5) is 14.9. The fourth-order valence-electron chi connectivity index (χ4n) is 3.93. The average molecular weight is 446 g/mol. The maximum absolute atomic E-state index is 13.3. The number of ether oxygens (including phenoxy) is 1. The molecule has 2 aromatic carbocycles. The van der Waals surface area contributed by atoms with E-state index < -0.39 is 0 Å². The number of amides is 1. The molecule has 0 unspecified atom stereocenters. The maximum atomic E-state index is 13.3. The molecule has 5 rings (SSSR count). The molecule has 0 spiro atoms. The number of phenols is 2. The molecule has 1 aliphatic heterocycles. The zero-order valence-corrected chi connectivity index (χ0v) is 18.0. The number of aromatic nitrogens is 4. The molecule has 1 amide bonds. The van der Waals surface area contributed by atoms with Crippen LogP contribution < -0.4 is 10.1 Å². The number of hydrogen-bond acceptors (Lipinski definition) is 7. The molecule has 2 aromatic heterocycles. The Morgan fingerprint density at radius 1 is 1.15 bits per heavy atom. The molecule has 33 heavy (non-hydrogen) atoms. The van der Waals surface area contributed by atoms with Crippen LogP contribution in [0.4, 0.5) is 11.5 Å². The van der Waals surface area contributed by atoms with Crippen LogP contribution in [0.15, 0.2) is 48.7 Å². The van der Waals surface area contributed by atoms with Crippen LogP contribution in [0.2, 0.25) is 0 Å². The molecule has 0 saturated heterocycles. The van der Waals surface area contributed by atoms with E-state index in [1.54, 1.807) is 29.9 Å². The van der Waals surface area contributed by atoms with Gasteiger partial charge in [0.2, 0.25) is 0 Å². The maximum Gasteiger partial charge on any atom is 0.260 e. The molecule has 3 heterocycles. The number of hydrogen-bond donors (Lipinski definition) is 4. The van der Waals surface area contributed by atoms with Gasteiger partial charge in [-0.15, -0.1) is 0 Å². The van der Waals surface area contributed by atoms with Crippen molar-refractivity contribution >= 4 is 17.4 Å². The molecule has 10 nitrogen and oxygen atoms in total. The van der Waals surface area contributed by atoms with Gasteiger partial charge in [-0.25, -0.2) is 0 Å². The largest absolute Gasteiger partial charge is 0.508 e. The first-order valence-corrected chi connectivity index (χ1v) is 10.2. The normalized spacial score (nSPS) is 12.6. The minimum Gasteiger partial charge on any atom is -0.508 e. The molecule has 0 atom stereocenters. The van der Waals surface area contributed by atoms with E-state index in [0.717, 1.165) is 28.6 Å². The molecule has 168 valence electrons. The van der Waals surface area contributed by atoms with Crippen molar-refractivity contribution in [3.05, 3.63) is 65.5 Å². The van der Waals surface area contributed by atoms with Crippen molar-refractivity contribution in [1.29, 1.82) is 0 Å². The van der Waals surface area contributed by atoms with E-state index in [9.17, 15) is 15.0 Å². The number of aromatic amines is 1. The molecule has 0 bridgehead atoms. The Balaban J connectivity index is 1.46. The van der Waals surface area contributed by atoms with Crippen LogP contribution in [0.5, 0.6) is 17.2 Å². The van der Waals surface area contributed by atoms with Crippen molar-refractivity contribution in [1.82, 2.24) is 24.9 Å². The Morgan fingerprint density at radius 3 is 2.67 bits per heavy atom. The molecular formula is C23H22N6O4. The van der Waals surface area contributed by atoms with Gasteiger partial charge >= 0.3 is 0 Å². The molecule has 10 heteroatoms. The highest BCUT2D eigenvalue weighted by Crippen LogP contribution is 2.36. The highest BCUT2D eigenvalue weighted by atomic mass is 16.5. The predicted molar refractivity (Wildman–Crippen MR) is 120 cm³/mol. The Bertz CT molecular complexity index is 1320. The molecule has 0 aliphatic carbocycles. The van der Waals surface area contributed by atoms with E-state index in [-0.39, 0.29) is 28.7 Å². The summed E-state index contributed by atoms with van der Waals surface area (Å²) in [6.45, 7) is 0.749. The van der Waals surface area contributed by atoms with E-state index in [4.69, 9.17) is 4.74 Å². The summed E-state index contributed by atoms with van der Waals surface area (Å²) in [7, 11) is 3.37. The number of phenolic OH excluding ortho intramolecular Hbond substituents is 2. The van der Waals surface area contributed by atoms with Crippen LogP contribution in [-0.2, 0) is 20.1 Å². The second kappa shape index (κ2) is 7.90. The molecule has 0 fully saturated rings. The number of methoxy groups -OCH3 is 1. The number of carbonyl (C=O) groups excluding carboxylic acids is 1. The second-order valence-corrected chi connectivity index (χ2v) is 7.81. The van der Waals surface area contributed by atoms with Crippen molar-refractivity contribution in [3.8, 4) is 28.5 Å². The number of anilines is 2. The Hall–Kier alpha value is -4.47. The third kappa shape index (κ3) is 3.71. The summed E-state index contributed by atoms with van der Waals surface area (Å²) in [6, 6.07) is 11.9. The lowest BCUT2D eigenvalue weighted by Gasteiger charge is -2.19. The summed E-state index contributed by atoms with van der Waals surface area (Å²) in [5.41, 5.74) is 3.75. The summed E-state index contributed by atoms with van der Waals surface area (Å²) in [5, 5.41) is 35.2. The lowest BCUT2D eigenvalue weighted by atomic mass is 10.1. The van der Waals surface area contributed by atoms with Crippen LogP contribution in [0.3, 0.4) is 0 Å². The number of carbonyl (C=O) groups is 1. The first-order chi connectivity index (χ1) is 15.9. The van der Waals surface area contributed by atoms with E-state index in [1.807, 2.05) is 30.3 Å². The van der Waals surface area contributed by atoms with Gasteiger partial charge in [0, 0.05) is 42.9 Å². The quantitative estimate of drug-likeness (QED) is 0.371. The smallest absolute Gasteiger partial charge is 0.260 e. The molecule has 0 radical (unpaired) electrons. The van der Waals surface area contributed by atoms with Crippen molar-refractivity contribution in [2.24, 2.45) is 7.05 Å². The van der Waals surface area contributed by atoms with Gasteiger partial charge in [-0.2, -0.15) is 10.2 Å². The number of nitrogens with one attached hydrogen (secondary N) is 2. The van der Waals surface area contributed by atoms with Gasteiger partial charge in [0.1, 0.15) is 28.6 Å². The summed E-state index contributed by atoms with van der Waals surface area (Å²) >= 11 is 0. The third-order valence-electron chi connectivity index (χ3n) is 5.65. The Morgan fingerprint density at radius 2 is 1.94 bits per heavy atom. The van der Waals surface area contributed by atoms with Crippen LogP contribution in [0, 0.1) is 0 Å². The predicted octanol–water partition coefficient (Wildman–Crippen LogP) is 3.13. The number of fused-ring (bicyclic) bond motifs is 1. The van der Waals surface area contributed by atoms with Gasteiger partial charge in [-0.05, 0) is 24.3 Å². The van der Waals surface area contributed by atoms with E-state index in [1.165, 1.54) is 6.07 Å². The van der Waals surface area contributed by atoms with Crippen LogP contribution in [0.25, 0.3) is 11.3 Å². The second-order valence-electron chi connectivity index (χ2n) is 7.81. The number of H-pyrrole nitrogens is 1. The van der Waals surface area contributed by atoms with E-state index in [2.05, 4.69) is 20.6 Å². The summed E-state index contributed by atoms with van der Waals surface area (Å²) in [5.74, 6) is 0.483. The first-order valence-electron chi connectivity index (χ1n) is 10.2. The minimum absolute atomic E-state index is 0.0677. The zero-order chi connectivity index (χ0) is 23.1. The number of nitrogens with zero attached hydrogens (tertiary/aromatic N) is 4. The number of benzene rings is 2. The van der Waals surface area contributed by atoms with Gasteiger partial charge in [0.05, 0.1) is 36.9 Å². The van der Waals surface area contributed by atoms with Crippen molar-refractivity contribution in [2.45, 2.75) is 13.1 Å². The number of aryl methyl sites for hydroxylation is 1. The summed E-state index contributed by atoms with van der Waals surface area (Å²) < 4.78 is 6.83. The monoisotopic (exact) mass is 446 g/mol. The molecule has 0 saturated carbocycles. The highest BCUT2D eigenvalue weighted by molar-refractivity contribution is 6.03. The lowest BCUT2D eigenvalue weighted by Crippen LogP contribution is -2.26. The van der Waals surface area contributed by atoms with Gasteiger partial charge < -0.3 is 25.2 Å². The van der Waals surface area contributed by atoms with Crippen molar-refractivity contribution < 1.29 is 19.7 Å². The fourth-order valence-corrected chi connectivity index (χ4v) is 3.93. The Labute approximate surface area is 189 Å². The van der Waals surface area contributed by atoms with Gasteiger partial charge in [0.25, 0.3) is 5.91 Å². The van der Waals surface area contributed by atoms with Crippen molar-refractivity contribution in [2.75, 3.05) is 12.4 Å². The summed E-state index contributed by atoms with van der Waals surface area (Å²) in [6.07, 6.45) is 1.69.